The van der Waals surface area contributed by atoms with Gasteiger partial charge in [0, 0.05) is 52.9 Å². The van der Waals surface area contributed by atoms with E-state index in [1.807, 2.05) is 0 Å². The SMILES string of the molecule is Cc1oc(C(=O)NCCCN2CCNCC2)cc1S(=O)(=O)N(C)C.Cl. The molecular weight excluding hydrogens is 368 g/mol. The maximum atomic E-state index is 12.1. The molecule has 1 amide bonds. The molecule has 144 valence electrons. The number of hydrogen-bond donors (Lipinski definition) is 2. The molecule has 0 aliphatic carbocycles. The van der Waals surface area contributed by atoms with Crippen LogP contribution >= 0.6 is 12.4 Å². The maximum absolute atomic E-state index is 12.1. The number of aryl methyl sites for hydroxylation is 1. The lowest BCUT2D eigenvalue weighted by molar-refractivity contribution is 0.0922. The predicted molar refractivity (Wildman–Crippen MR) is 97.8 cm³/mol. The van der Waals surface area contributed by atoms with Gasteiger partial charge >= 0.3 is 0 Å². The number of nitrogens with zero attached hydrogens (tertiary/aromatic N) is 2. The lowest BCUT2D eigenvalue weighted by Gasteiger charge is -2.26. The molecule has 1 saturated heterocycles. The minimum atomic E-state index is -3.61. The van der Waals surface area contributed by atoms with E-state index in [1.165, 1.54) is 27.1 Å². The number of nitrogens with one attached hydrogen (secondary N) is 2. The summed E-state index contributed by atoms with van der Waals surface area (Å²) < 4.78 is 30.7. The Kier molecular flexibility index (Phi) is 8.36. The second-order valence-electron chi connectivity index (χ2n) is 6.02. The van der Waals surface area contributed by atoms with Gasteiger partial charge in [-0.25, -0.2) is 12.7 Å². The highest BCUT2D eigenvalue weighted by molar-refractivity contribution is 7.89. The summed E-state index contributed by atoms with van der Waals surface area (Å²) in [5.41, 5.74) is 0. The van der Waals surface area contributed by atoms with Crippen LogP contribution < -0.4 is 10.6 Å². The summed E-state index contributed by atoms with van der Waals surface area (Å²) in [6.07, 6.45) is 0.842. The highest BCUT2D eigenvalue weighted by Crippen LogP contribution is 2.22. The highest BCUT2D eigenvalue weighted by Gasteiger charge is 2.25. The van der Waals surface area contributed by atoms with Crippen molar-refractivity contribution < 1.29 is 17.6 Å². The molecule has 0 aromatic carbocycles. The molecule has 1 aromatic rings. The van der Waals surface area contributed by atoms with E-state index in [0.29, 0.717) is 6.54 Å². The van der Waals surface area contributed by atoms with Crippen molar-refractivity contribution in [2.75, 3.05) is 53.4 Å². The highest BCUT2D eigenvalue weighted by atomic mass is 35.5. The van der Waals surface area contributed by atoms with Gasteiger partial charge in [0.25, 0.3) is 5.91 Å². The smallest absolute Gasteiger partial charge is 0.287 e. The van der Waals surface area contributed by atoms with Crippen molar-refractivity contribution in [1.82, 2.24) is 19.8 Å². The monoisotopic (exact) mass is 394 g/mol. The van der Waals surface area contributed by atoms with E-state index < -0.39 is 15.9 Å². The van der Waals surface area contributed by atoms with Crippen molar-refractivity contribution in [2.45, 2.75) is 18.2 Å². The lowest BCUT2D eigenvalue weighted by Crippen LogP contribution is -2.44. The molecule has 0 bridgehead atoms. The molecule has 0 radical (unpaired) electrons. The molecule has 0 unspecified atom stereocenters. The zero-order chi connectivity index (χ0) is 17.7. The zero-order valence-corrected chi connectivity index (χ0v) is 16.5. The number of amides is 1. The first-order chi connectivity index (χ1) is 11.3. The summed E-state index contributed by atoms with van der Waals surface area (Å²) in [6, 6.07) is 1.29. The Morgan fingerprint density at radius 1 is 1.36 bits per heavy atom. The lowest BCUT2D eigenvalue weighted by atomic mass is 10.3. The van der Waals surface area contributed by atoms with Crippen LogP contribution in [0.1, 0.15) is 22.7 Å². The summed E-state index contributed by atoms with van der Waals surface area (Å²) in [7, 11) is -0.729. The van der Waals surface area contributed by atoms with Crippen LogP contribution in [0.15, 0.2) is 15.4 Å². The van der Waals surface area contributed by atoms with Crippen LogP contribution in [0.25, 0.3) is 0 Å². The number of rotatable bonds is 7. The number of hydrogen-bond acceptors (Lipinski definition) is 6. The van der Waals surface area contributed by atoms with Crippen LogP contribution in [0, 0.1) is 6.92 Å². The Hall–Kier alpha value is -1.13. The third-order valence-corrected chi connectivity index (χ3v) is 5.92. The molecule has 1 aliphatic rings. The van der Waals surface area contributed by atoms with E-state index in [9.17, 15) is 13.2 Å². The quantitative estimate of drug-likeness (QED) is 0.645. The summed E-state index contributed by atoms with van der Waals surface area (Å²) in [5.74, 6) is -0.150. The van der Waals surface area contributed by atoms with Crippen LogP contribution in [0.2, 0.25) is 0 Å². The zero-order valence-electron chi connectivity index (χ0n) is 14.9. The molecule has 0 spiro atoms. The Morgan fingerprint density at radius 2 is 2.00 bits per heavy atom. The second-order valence-corrected chi connectivity index (χ2v) is 8.14. The Morgan fingerprint density at radius 3 is 2.60 bits per heavy atom. The van der Waals surface area contributed by atoms with E-state index in [1.54, 1.807) is 0 Å². The largest absolute Gasteiger partial charge is 0.455 e. The number of carbonyl (C=O) groups is 1. The van der Waals surface area contributed by atoms with Gasteiger partial charge < -0.3 is 20.0 Å². The summed E-state index contributed by atoms with van der Waals surface area (Å²) in [6.45, 7) is 7.05. The fraction of sp³-hybridized carbons (Fsp3) is 0.667. The number of halogens is 1. The molecule has 1 aromatic heterocycles. The van der Waals surface area contributed by atoms with Gasteiger partial charge in [-0.2, -0.15) is 0 Å². The molecular formula is C15H27ClN4O4S. The van der Waals surface area contributed by atoms with E-state index in [0.717, 1.165) is 43.4 Å². The van der Waals surface area contributed by atoms with Gasteiger partial charge in [-0.05, 0) is 19.9 Å². The van der Waals surface area contributed by atoms with E-state index in [-0.39, 0.29) is 28.8 Å². The fourth-order valence-electron chi connectivity index (χ4n) is 2.56. The van der Waals surface area contributed by atoms with Gasteiger partial charge in [0.05, 0.1) is 0 Å². The van der Waals surface area contributed by atoms with E-state index in [4.69, 9.17) is 4.42 Å². The van der Waals surface area contributed by atoms with Crippen molar-refractivity contribution in [1.29, 1.82) is 0 Å². The minimum Gasteiger partial charge on any atom is -0.455 e. The van der Waals surface area contributed by atoms with Crippen molar-refractivity contribution in [2.24, 2.45) is 0 Å². The first-order valence-corrected chi connectivity index (χ1v) is 9.50. The van der Waals surface area contributed by atoms with Crippen LogP contribution in [0.5, 0.6) is 0 Å². The van der Waals surface area contributed by atoms with Crippen LogP contribution in [-0.2, 0) is 10.0 Å². The normalized spacial score (nSPS) is 15.8. The third kappa shape index (κ3) is 5.68. The average molecular weight is 395 g/mol. The second kappa shape index (κ2) is 9.54. The van der Waals surface area contributed by atoms with E-state index in [2.05, 4.69) is 15.5 Å². The Balaban J connectivity index is 0.00000312. The Bertz CT molecular complexity index is 669. The van der Waals surface area contributed by atoms with Crippen LogP contribution in [-0.4, -0.2) is 76.9 Å². The first kappa shape index (κ1) is 21.9. The molecule has 2 rings (SSSR count). The van der Waals surface area contributed by atoms with Gasteiger partial charge in [-0.3, -0.25) is 4.79 Å². The van der Waals surface area contributed by atoms with Gasteiger partial charge in [0.2, 0.25) is 10.0 Å². The summed E-state index contributed by atoms with van der Waals surface area (Å²) >= 11 is 0. The average Bonchev–Trinajstić information content (AvgIpc) is 2.95. The molecule has 10 heteroatoms. The fourth-order valence-corrected chi connectivity index (χ4v) is 3.61. The molecule has 1 fully saturated rings. The van der Waals surface area contributed by atoms with Gasteiger partial charge in [0.1, 0.15) is 10.7 Å². The van der Waals surface area contributed by atoms with Crippen molar-refractivity contribution >= 4 is 28.3 Å². The molecule has 25 heavy (non-hydrogen) atoms. The van der Waals surface area contributed by atoms with Crippen LogP contribution in [0.3, 0.4) is 0 Å². The number of furan rings is 1. The molecule has 2 N–H and O–H groups in total. The van der Waals surface area contributed by atoms with E-state index >= 15 is 0 Å². The maximum Gasteiger partial charge on any atom is 0.287 e. The number of carbonyl (C=O) groups excluding carboxylic acids is 1. The molecule has 0 atom stereocenters. The first-order valence-electron chi connectivity index (χ1n) is 8.06. The van der Waals surface area contributed by atoms with Gasteiger partial charge in [-0.15, -0.1) is 12.4 Å². The van der Waals surface area contributed by atoms with Crippen molar-refractivity contribution in [3.63, 3.8) is 0 Å². The molecule has 8 nitrogen and oxygen atoms in total. The summed E-state index contributed by atoms with van der Waals surface area (Å²) in [4.78, 5) is 14.5. The van der Waals surface area contributed by atoms with Crippen LogP contribution in [0.4, 0.5) is 0 Å². The number of sulfonamides is 1. The standard InChI is InChI=1S/C15H26N4O4S.ClH/c1-12-14(24(21,22)18(2)3)11-13(23-12)15(20)17-5-4-8-19-9-6-16-7-10-19;/h11,16H,4-10H2,1-3H3,(H,17,20);1H. The molecule has 0 saturated carbocycles. The number of piperazine rings is 1. The minimum absolute atomic E-state index is 0. The van der Waals surface area contributed by atoms with Gasteiger partial charge in [-0.1, -0.05) is 0 Å². The molecule has 1 aliphatic heterocycles. The van der Waals surface area contributed by atoms with Crippen molar-refractivity contribution in [3.8, 4) is 0 Å². The molecule has 2 heterocycles. The van der Waals surface area contributed by atoms with Gasteiger partial charge in [0.15, 0.2) is 5.76 Å². The topological polar surface area (TPSA) is 94.9 Å². The van der Waals surface area contributed by atoms with Crippen molar-refractivity contribution in [3.05, 3.63) is 17.6 Å². The summed E-state index contributed by atoms with van der Waals surface area (Å²) in [5, 5.41) is 6.07. The Labute approximate surface area is 155 Å². The third-order valence-electron chi connectivity index (χ3n) is 4.00. The predicted octanol–water partition coefficient (Wildman–Crippen LogP) is 0.285.